The second kappa shape index (κ2) is 9.48. The number of nitriles is 1. The molecule has 202 valence electrons. The molecule has 0 bridgehead atoms. The number of halogens is 10. The Balaban J connectivity index is 2.27. The summed E-state index contributed by atoms with van der Waals surface area (Å²) in [4.78, 5) is 14.0. The molecule has 1 saturated carbocycles. The number of carbonyl (C=O) groups is 1. The molecule has 0 aliphatic heterocycles. The van der Waals surface area contributed by atoms with Crippen LogP contribution in [0.3, 0.4) is 0 Å². The molecular formula is C20H15Cl2F8N5O2. The first-order valence-electron chi connectivity index (χ1n) is 10.0. The minimum atomic E-state index is -5.63. The maximum absolute atomic E-state index is 14.3. The zero-order valence-corrected chi connectivity index (χ0v) is 20.2. The van der Waals surface area contributed by atoms with Crippen molar-refractivity contribution < 1.29 is 44.7 Å². The molecule has 0 radical (unpaired) electrons. The summed E-state index contributed by atoms with van der Waals surface area (Å²) in [5.41, 5.74) is -8.57. The highest BCUT2D eigenvalue weighted by Gasteiger charge is 2.86. The third kappa shape index (κ3) is 5.14. The van der Waals surface area contributed by atoms with Gasteiger partial charge in [0.25, 0.3) is 5.92 Å². The number of hydrogen-bond acceptors (Lipinski definition) is 5. The predicted octanol–water partition coefficient (Wildman–Crippen LogP) is 6.02. The van der Waals surface area contributed by atoms with E-state index >= 15 is 0 Å². The molecule has 2 aromatic rings. The average molecular weight is 580 g/mol. The average Bonchev–Trinajstić information content (AvgIpc) is 3.16. The monoisotopic (exact) mass is 579 g/mol. The quantitative estimate of drug-likeness (QED) is 0.423. The zero-order valence-electron chi connectivity index (χ0n) is 18.7. The predicted molar refractivity (Wildman–Crippen MR) is 114 cm³/mol. The summed E-state index contributed by atoms with van der Waals surface area (Å²) >= 11 is 11.9. The van der Waals surface area contributed by atoms with Crippen LogP contribution in [0.4, 0.5) is 45.7 Å². The van der Waals surface area contributed by atoms with Gasteiger partial charge in [-0.1, -0.05) is 23.2 Å². The molecule has 1 atom stereocenters. The zero-order chi connectivity index (χ0) is 28.1. The van der Waals surface area contributed by atoms with Crippen LogP contribution in [0, 0.1) is 11.3 Å². The van der Waals surface area contributed by atoms with Crippen LogP contribution in [0.1, 0.15) is 23.2 Å². The molecule has 1 aliphatic carbocycles. The number of alkyl halides is 8. The Morgan fingerprint density at radius 3 is 2.16 bits per heavy atom. The van der Waals surface area contributed by atoms with E-state index in [4.69, 9.17) is 27.9 Å². The van der Waals surface area contributed by atoms with Gasteiger partial charge in [-0.2, -0.15) is 36.7 Å². The molecule has 7 nitrogen and oxygen atoms in total. The van der Waals surface area contributed by atoms with Crippen LogP contribution in [-0.4, -0.2) is 60.1 Å². The van der Waals surface area contributed by atoms with E-state index in [0.29, 0.717) is 16.8 Å². The molecule has 0 spiro atoms. The van der Waals surface area contributed by atoms with Gasteiger partial charge in [-0.3, -0.25) is 5.32 Å². The summed E-state index contributed by atoms with van der Waals surface area (Å²) in [6, 6.07) is 1.98. The molecule has 1 aliphatic rings. The van der Waals surface area contributed by atoms with Crippen molar-refractivity contribution in [1.29, 1.82) is 5.26 Å². The Labute approximate surface area is 213 Å². The van der Waals surface area contributed by atoms with Gasteiger partial charge in [0.1, 0.15) is 24.2 Å². The number of amides is 1. The van der Waals surface area contributed by atoms with Crippen molar-refractivity contribution in [2.75, 3.05) is 32.6 Å². The molecule has 37 heavy (non-hydrogen) atoms. The summed E-state index contributed by atoms with van der Waals surface area (Å²) in [5.74, 6) is -5.52. The number of ether oxygens (including phenoxy) is 1. The number of likely N-dealkylation sites (N-methyl/N-ethyl adjacent to an activating group) is 1. The summed E-state index contributed by atoms with van der Waals surface area (Å²) in [7, 11) is 3.23. The lowest BCUT2D eigenvalue weighted by Crippen LogP contribution is -2.36. The van der Waals surface area contributed by atoms with Gasteiger partial charge in [-0.15, -0.1) is 0 Å². The first-order valence-corrected chi connectivity index (χ1v) is 10.8. The van der Waals surface area contributed by atoms with Gasteiger partial charge in [0.05, 0.1) is 21.2 Å². The maximum atomic E-state index is 14.3. The van der Waals surface area contributed by atoms with E-state index in [2.05, 4.69) is 5.10 Å². The topological polar surface area (TPSA) is 83.2 Å². The van der Waals surface area contributed by atoms with E-state index in [0.717, 1.165) is 0 Å². The van der Waals surface area contributed by atoms with Crippen LogP contribution >= 0.6 is 23.2 Å². The number of aromatic nitrogens is 2. The summed E-state index contributed by atoms with van der Waals surface area (Å²) < 4.78 is 115. The maximum Gasteiger partial charge on any atom is 0.416 e. The van der Waals surface area contributed by atoms with Crippen molar-refractivity contribution in [2.45, 2.75) is 30.1 Å². The Morgan fingerprint density at radius 1 is 1.22 bits per heavy atom. The van der Waals surface area contributed by atoms with Gasteiger partial charge in [0.15, 0.2) is 11.1 Å². The van der Waals surface area contributed by atoms with Gasteiger partial charge >= 0.3 is 18.4 Å². The fourth-order valence-electron chi connectivity index (χ4n) is 3.57. The van der Waals surface area contributed by atoms with E-state index in [1.165, 1.54) is 6.07 Å². The molecule has 1 N–H and O–H groups in total. The lowest BCUT2D eigenvalue weighted by Gasteiger charge is -2.22. The number of hydrogen-bond donors (Lipinski definition) is 1. The first kappa shape index (κ1) is 28.7. The van der Waals surface area contributed by atoms with Crippen molar-refractivity contribution in [1.82, 2.24) is 14.7 Å². The number of nitrogens with zero attached hydrogens (tertiary/aromatic N) is 4. The first-order chi connectivity index (χ1) is 16.9. The van der Waals surface area contributed by atoms with Gasteiger partial charge in [0, 0.05) is 13.0 Å². The smallest absolute Gasteiger partial charge is 0.416 e. The largest absolute Gasteiger partial charge is 0.448 e. The van der Waals surface area contributed by atoms with E-state index in [-0.39, 0.29) is 13.2 Å². The van der Waals surface area contributed by atoms with Crippen molar-refractivity contribution >= 4 is 35.1 Å². The minimum absolute atomic E-state index is 0.171. The Morgan fingerprint density at radius 2 is 1.76 bits per heavy atom. The Kier molecular flexibility index (Phi) is 7.36. The van der Waals surface area contributed by atoms with Crippen LogP contribution in [0.2, 0.25) is 10.0 Å². The van der Waals surface area contributed by atoms with Gasteiger partial charge in [-0.25, -0.2) is 18.3 Å². The molecule has 1 unspecified atom stereocenters. The fourth-order valence-corrected chi connectivity index (χ4v) is 4.22. The third-order valence-electron chi connectivity index (χ3n) is 5.44. The summed E-state index contributed by atoms with van der Waals surface area (Å²) in [6.07, 6.45) is -13.8. The third-order valence-corrected chi connectivity index (χ3v) is 6.01. The van der Waals surface area contributed by atoms with Crippen LogP contribution in [0.15, 0.2) is 12.1 Å². The lowest BCUT2D eigenvalue weighted by molar-refractivity contribution is -0.182. The van der Waals surface area contributed by atoms with E-state index in [1.807, 2.05) is 5.32 Å². The normalized spacial score (nSPS) is 19.0. The Hall–Kier alpha value is -2.83. The molecule has 1 heterocycles. The van der Waals surface area contributed by atoms with Crippen LogP contribution < -0.4 is 5.32 Å². The molecule has 17 heteroatoms. The summed E-state index contributed by atoms with van der Waals surface area (Å²) in [6.45, 7) is -0.111. The number of carbonyl (C=O) groups excluding carboxylic acids is 1. The minimum Gasteiger partial charge on any atom is -0.448 e. The molecule has 1 aromatic carbocycles. The highest BCUT2D eigenvalue weighted by molar-refractivity contribution is 6.38. The number of rotatable bonds is 6. The summed E-state index contributed by atoms with van der Waals surface area (Å²) in [5, 5.41) is 13.2. The van der Waals surface area contributed by atoms with Crippen LogP contribution in [0.25, 0.3) is 5.69 Å². The number of benzene rings is 1. The van der Waals surface area contributed by atoms with E-state index in [9.17, 15) is 45.2 Å². The second-order valence-electron chi connectivity index (χ2n) is 8.23. The Bertz CT molecular complexity index is 1250. The molecule has 1 amide bonds. The highest BCUT2D eigenvalue weighted by Crippen LogP contribution is 2.70. The lowest BCUT2D eigenvalue weighted by atomic mass is 9.93. The highest BCUT2D eigenvalue weighted by atomic mass is 35.5. The van der Waals surface area contributed by atoms with Gasteiger partial charge in [-0.05, 0) is 26.2 Å². The van der Waals surface area contributed by atoms with E-state index in [1.54, 1.807) is 19.0 Å². The molecule has 1 fully saturated rings. The molecular weight excluding hydrogens is 565 g/mol. The van der Waals surface area contributed by atoms with Crippen molar-refractivity contribution in [2.24, 2.45) is 0 Å². The number of nitrogens with one attached hydrogen (secondary N) is 1. The van der Waals surface area contributed by atoms with Crippen LogP contribution in [0.5, 0.6) is 0 Å². The van der Waals surface area contributed by atoms with Crippen molar-refractivity contribution in [3.05, 3.63) is 39.0 Å². The number of anilines is 1. The SMILES string of the molecule is CN(C)CCOC(=O)Nc1c(C2(C(F)(F)F)CC2(F)F)c(C#N)nn1-c1c(Cl)cc(C(F)(F)F)cc1Cl. The van der Waals surface area contributed by atoms with Crippen molar-refractivity contribution in [3.8, 4) is 11.8 Å². The molecule has 0 saturated heterocycles. The van der Waals surface area contributed by atoms with E-state index < -0.39 is 74.6 Å². The second-order valence-corrected chi connectivity index (χ2v) is 9.04. The standard InChI is InChI=1S/C20H15Cl2F8N5O2/c1-34(2)3-4-37-16(36)32-15-13(17(20(28,29)30)8-18(17,23)24)12(7-31)33-35(15)14-10(21)5-9(6-11(14)22)19(25,26)27/h5-6H,3-4,8H2,1-2H3,(H,32,36). The molecule has 1 aromatic heterocycles. The molecule has 3 rings (SSSR count). The van der Waals surface area contributed by atoms with Gasteiger partial charge < -0.3 is 9.64 Å². The van der Waals surface area contributed by atoms with Crippen molar-refractivity contribution in [3.63, 3.8) is 0 Å². The van der Waals surface area contributed by atoms with Crippen LogP contribution in [-0.2, 0) is 16.3 Å². The van der Waals surface area contributed by atoms with Gasteiger partial charge in [0.2, 0.25) is 0 Å². The fraction of sp³-hybridized carbons (Fsp3) is 0.450.